The van der Waals surface area contributed by atoms with Crippen LogP contribution in [0.3, 0.4) is 0 Å². The second kappa shape index (κ2) is 9.60. The molecule has 1 aliphatic heterocycles. The number of urea groups is 1. The van der Waals surface area contributed by atoms with E-state index in [1.165, 1.54) is 0 Å². The maximum Gasteiger partial charge on any atom is 0.317 e. The molecule has 2 aromatic carbocycles. The fraction of sp³-hybridized carbons (Fsp3) is 0.364. The number of carbonyl (C=O) groups excluding carboxylic acids is 2. The van der Waals surface area contributed by atoms with Crippen LogP contribution in [0.5, 0.6) is 0 Å². The van der Waals surface area contributed by atoms with Crippen molar-refractivity contribution in [2.45, 2.75) is 38.8 Å². The van der Waals surface area contributed by atoms with E-state index < -0.39 is 0 Å². The smallest absolute Gasteiger partial charge is 0.317 e. The van der Waals surface area contributed by atoms with Crippen LogP contribution in [0.1, 0.15) is 31.7 Å². The molecule has 1 N–H and O–H groups in total. The lowest BCUT2D eigenvalue weighted by molar-refractivity contribution is -0.117. The van der Waals surface area contributed by atoms with E-state index in [0.717, 1.165) is 24.1 Å². The molecule has 0 radical (unpaired) electrons. The highest BCUT2D eigenvalue weighted by molar-refractivity contribution is 6.30. The van der Waals surface area contributed by atoms with E-state index in [9.17, 15) is 9.59 Å². The van der Waals surface area contributed by atoms with Gasteiger partial charge in [0.1, 0.15) is 0 Å². The first-order valence-corrected chi connectivity index (χ1v) is 10.1. The van der Waals surface area contributed by atoms with Crippen molar-refractivity contribution in [3.8, 4) is 0 Å². The summed E-state index contributed by atoms with van der Waals surface area (Å²) in [6.07, 6.45) is 2.27. The first kappa shape index (κ1) is 20.2. The predicted molar refractivity (Wildman–Crippen MR) is 113 cm³/mol. The van der Waals surface area contributed by atoms with E-state index in [0.29, 0.717) is 31.1 Å². The van der Waals surface area contributed by atoms with E-state index in [2.05, 4.69) is 12.2 Å². The van der Waals surface area contributed by atoms with Crippen LogP contribution in [-0.4, -0.2) is 36.0 Å². The van der Waals surface area contributed by atoms with Crippen LogP contribution in [0.2, 0.25) is 5.02 Å². The van der Waals surface area contributed by atoms with Crippen molar-refractivity contribution < 1.29 is 9.59 Å². The zero-order chi connectivity index (χ0) is 19.9. The molecule has 0 bridgehead atoms. The zero-order valence-corrected chi connectivity index (χ0v) is 16.9. The van der Waals surface area contributed by atoms with Gasteiger partial charge in [-0.2, -0.15) is 0 Å². The topological polar surface area (TPSA) is 52.7 Å². The summed E-state index contributed by atoms with van der Waals surface area (Å²) in [5, 5.41) is 3.68. The Morgan fingerprint density at radius 1 is 1.18 bits per heavy atom. The van der Waals surface area contributed by atoms with Gasteiger partial charge in [0, 0.05) is 36.8 Å². The maximum absolute atomic E-state index is 12.9. The molecule has 3 rings (SSSR count). The van der Waals surface area contributed by atoms with Gasteiger partial charge in [-0.15, -0.1) is 0 Å². The molecule has 2 aromatic rings. The minimum atomic E-state index is -0.199. The molecule has 0 aromatic heterocycles. The number of hydrogen-bond donors (Lipinski definition) is 1. The standard InChI is InChI=1S/C22H26ClN3O2/c1-2-3-13-25(15-17-7-5-4-6-8-17)22(28)24-19-14-21(27)26(16-19)20-11-9-18(23)10-12-20/h4-12,19H,2-3,13-16H2,1H3,(H,24,28). The van der Waals surface area contributed by atoms with Crippen molar-refractivity contribution >= 4 is 29.2 Å². The van der Waals surface area contributed by atoms with Gasteiger partial charge in [0.15, 0.2) is 0 Å². The summed E-state index contributed by atoms with van der Waals surface area (Å²) in [5.41, 5.74) is 1.90. The molecule has 1 saturated heterocycles. The summed E-state index contributed by atoms with van der Waals surface area (Å²) in [6, 6.07) is 16.8. The molecule has 28 heavy (non-hydrogen) atoms. The SMILES string of the molecule is CCCCN(Cc1ccccc1)C(=O)NC1CC(=O)N(c2ccc(Cl)cc2)C1. The van der Waals surface area contributed by atoms with Crippen LogP contribution in [0.25, 0.3) is 0 Å². The minimum Gasteiger partial charge on any atom is -0.333 e. The second-order valence-corrected chi connectivity index (χ2v) is 7.53. The fourth-order valence-corrected chi connectivity index (χ4v) is 3.47. The lowest BCUT2D eigenvalue weighted by Crippen LogP contribution is -2.45. The Morgan fingerprint density at radius 3 is 2.57 bits per heavy atom. The van der Waals surface area contributed by atoms with E-state index in [1.807, 2.05) is 47.4 Å². The number of nitrogens with one attached hydrogen (secondary N) is 1. The summed E-state index contributed by atoms with van der Waals surface area (Å²) in [7, 11) is 0. The van der Waals surface area contributed by atoms with Gasteiger partial charge >= 0.3 is 6.03 Å². The van der Waals surface area contributed by atoms with Crippen molar-refractivity contribution in [1.29, 1.82) is 0 Å². The number of halogens is 1. The highest BCUT2D eigenvalue weighted by Crippen LogP contribution is 2.23. The predicted octanol–water partition coefficient (Wildman–Crippen LogP) is 4.46. The van der Waals surface area contributed by atoms with E-state index in [4.69, 9.17) is 11.6 Å². The van der Waals surface area contributed by atoms with Gasteiger partial charge < -0.3 is 15.1 Å². The van der Waals surface area contributed by atoms with Crippen LogP contribution in [0.15, 0.2) is 54.6 Å². The number of anilines is 1. The molecule has 1 unspecified atom stereocenters. The molecule has 6 heteroatoms. The molecule has 0 spiro atoms. The number of hydrogen-bond acceptors (Lipinski definition) is 2. The molecule has 0 saturated carbocycles. The third kappa shape index (κ3) is 5.26. The summed E-state index contributed by atoms with van der Waals surface area (Å²) in [4.78, 5) is 28.8. The fourth-order valence-electron chi connectivity index (χ4n) is 3.35. The normalized spacial score (nSPS) is 16.3. The molecule has 5 nitrogen and oxygen atoms in total. The van der Waals surface area contributed by atoms with Crippen LogP contribution in [0.4, 0.5) is 10.5 Å². The highest BCUT2D eigenvalue weighted by atomic mass is 35.5. The van der Waals surface area contributed by atoms with Gasteiger partial charge in [-0.1, -0.05) is 55.3 Å². The Hall–Kier alpha value is -2.53. The lowest BCUT2D eigenvalue weighted by Gasteiger charge is -2.25. The highest BCUT2D eigenvalue weighted by Gasteiger charge is 2.32. The molecule has 1 aliphatic rings. The zero-order valence-electron chi connectivity index (χ0n) is 16.1. The average Bonchev–Trinajstić information content (AvgIpc) is 3.06. The lowest BCUT2D eigenvalue weighted by atomic mass is 10.2. The summed E-state index contributed by atoms with van der Waals surface area (Å²) in [5.74, 6) is 0.00999. The van der Waals surface area contributed by atoms with E-state index >= 15 is 0 Å². The van der Waals surface area contributed by atoms with Crippen molar-refractivity contribution in [2.24, 2.45) is 0 Å². The molecule has 148 valence electrons. The van der Waals surface area contributed by atoms with Crippen molar-refractivity contribution in [2.75, 3.05) is 18.0 Å². The molecule has 1 atom stereocenters. The molecule has 1 fully saturated rings. The Morgan fingerprint density at radius 2 is 1.89 bits per heavy atom. The van der Waals surface area contributed by atoms with Gasteiger partial charge in [-0.3, -0.25) is 4.79 Å². The molecular weight excluding hydrogens is 374 g/mol. The number of benzene rings is 2. The Kier molecular flexibility index (Phi) is 6.93. The summed E-state index contributed by atoms with van der Waals surface area (Å²) < 4.78 is 0. The third-order valence-corrected chi connectivity index (χ3v) is 5.13. The van der Waals surface area contributed by atoms with Gasteiger partial charge in [-0.05, 0) is 36.2 Å². The number of amides is 3. The van der Waals surface area contributed by atoms with Crippen LogP contribution >= 0.6 is 11.6 Å². The quantitative estimate of drug-likeness (QED) is 0.747. The Bertz CT molecular complexity index is 795. The van der Waals surface area contributed by atoms with Gasteiger partial charge in [0.2, 0.25) is 5.91 Å². The molecular formula is C22H26ClN3O2. The second-order valence-electron chi connectivity index (χ2n) is 7.09. The van der Waals surface area contributed by atoms with Crippen LogP contribution in [-0.2, 0) is 11.3 Å². The molecule has 0 aliphatic carbocycles. The van der Waals surface area contributed by atoms with Crippen LogP contribution in [0, 0.1) is 0 Å². The van der Waals surface area contributed by atoms with Crippen molar-refractivity contribution in [3.63, 3.8) is 0 Å². The summed E-state index contributed by atoms with van der Waals surface area (Å²) >= 11 is 5.93. The molecule has 1 heterocycles. The Labute approximate surface area is 171 Å². The first-order valence-electron chi connectivity index (χ1n) is 9.72. The van der Waals surface area contributed by atoms with E-state index in [1.54, 1.807) is 17.0 Å². The Balaban J connectivity index is 1.62. The minimum absolute atomic E-state index is 0.00999. The number of nitrogens with zero attached hydrogens (tertiary/aromatic N) is 2. The third-order valence-electron chi connectivity index (χ3n) is 4.88. The molecule has 3 amide bonds. The average molecular weight is 400 g/mol. The van der Waals surface area contributed by atoms with Crippen molar-refractivity contribution in [3.05, 3.63) is 65.2 Å². The monoisotopic (exact) mass is 399 g/mol. The number of unbranched alkanes of at least 4 members (excludes halogenated alkanes) is 1. The summed E-state index contributed by atoms with van der Waals surface area (Å²) in [6.45, 7) is 3.84. The van der Waals surface area contributed by atoms with Gasteiger partial charge in [-0.25, -0.2) is 4.79 Å². The number of carbonyl (C=O) groups is 2. The largest absolute Gasteiger partial charge is 0.333 e. The van der Waals surface area contributed by atoms with Crippen molar-refractivity contribution in [1.82, 2.24) is 10.2 Å². The van der Waals surface area contributed by atoms with Gasteiger partial charge in [0.25, 0.3) is 0 Å². The van der Waals surface area contributed by atoms with E-state index in [-0.39, 0.29) is 18.0 Å². The maximum atomic E-state index is 12.9. The van der Waals surface area contributed by atoms with Gasteiger partial charge in [0.05, 0.1) is 6.04 Å². The number of rotatable bonds is 7. The first-order chi connectivity index (χ1) is 13.6. The van der Waals surface area contributed by atoms with Crippen LogP contribution < -0.4 is 10.2 Å².